The van der Waals surface area contributed by atoms with Crippen molar-refractivity contribution in [3.05, 3.63) is 20.8 Å². The predicted molar refractivity (Wildman–Crippen MR) is 54.0 cm³/mol. The van der Waals surface area contributed by atoms with Crippen LogP contribution in [-0.2, 0) is 9.53 Å². The largest absolute Gasteiger partial charge is 0.479 e. The SMILES string of the molecule is CCOC(C(=O)O)c1cc(Br)cs1. The van der Waals surface area contributed by atoms with E-state index in [9.17, 15) is 4.79 Å². The molecule has 3 nitrogen and oxygen atoms in total. The topological polar surface area (TPSA) is 46.5 Å². The number of hydrogen-bond acceptors (Lipinski definition) is 3. The van der Waals surface area contributed by atoms with Crippen molar-refractivity contribution >= 4 is 33.2 Å². The van der Waals surface area contributed by atoms with Crippen molar-refractivity contribution in [1.82, 2.24) is 0 Å². The van der Waals surface area contributed by atoms with E-state index in [1.54, 1.807) is 13.0 Å². The van der Waals surface area contributed by atoms with E-state index in [4.69, 9.17) is 9.84 Å². The van der Waals surface area contributed by atoms with Gasteiger partial charge in [0.25, 0.3) is 0 Å². The Balaban J connectivity index is 2.81. The highest BCUT2D eigenvalue weighted by atomic mass is 79.9. The monoisotopic (exact) mass is 264 g/mol. The Bertz CT molecular complexity index is 297. The fraction of sp³-hybridized carbons (Fsp3) is 0.375. The number of ether oxygens (including phenoxy) is 1. The molecular formula is C8H9BrO3S. The molecule has 5 heteroatoms. The first-order valence-electron chi connectivity index (χ1n) is 3.73. The van der Waals surface area contributed by atoms with Crippen molar-refractivity contribution in [2.45, 2.75) is 13.0 Å². The smallest absolute Gasteiger partial charge is 0.338 e. The summed E-state index contributed by atoms with van der Waals surface area (Å²) in [5.41, 5.74) is 0. The fourth-order valence-corrected chi connectivity index (χ4v) is 2.39. The Labute approximate surface area is 88.5 Å². The van der Waals surface area contributed by atoms with Gasteiger partial charge in [-0.1, -0.05) is 0 Å². The summed E-state index contributed by atoms with van der Waals surface area (Å²) in [7, 11) is 0. The standard InChI is InChI=1S/C8H9BrO3S/c1-2-12-7(8(10)11)6-3-5(9)4-13-6/h3-4,7H,2H2,1H3,(H,10,11). The van der Waals surface area contributed by atoms with Gasteiger partial charge in [-0.3, -0.25) is 0 Å². The van der Waals surface area contributed by atoms with Gasteiger partial charge in [-0.25, -0.2) is 4.79 Å². The van der Waals surface area contributed by atoms with Crippen LogP contribution in [-0.4, -0.2) is 17.7 Å². The molecule has 0 fully saturated rings. The zero-order valence-corrected chi connectivity index (χ0v) is 9.39. The van der Waals surface area contributed by atoms with E-state index in [-0.39, 0.29) is 0 Å². The molecular weight excluding hydrogens is 256 g/mol. The number of hydrogen-bond donors (Lipinski definition) is 1. The molecule has 0 radical (unpaired) electrons. The van der Waals surface area contributed by atoms with E-state index in [2.05, 4.69) is 15.9 Å². The Morgan fingerprint density at radius 2 is 2.54 bits per heavy atom. The zero-order valence-electron chi connectivity index (χ0n) is 6.99. The minimum atomic E-state index is -0.948. The summed E-state index contributed by atoms with van der Waals surface area (Å²) in [5, 5.41) is 10.7. The Morgan fingerprint density at radius 1 is 1.85 bits per heavy atom. The first-order valence-corrected chi connectivity index (χ1v) is 5.40. The second-order valence-electron chi connectivity index (χ2n) is 2.34. The highest BCUT2D eigenvalue weighted by Gasteiger charge is 2.21. The van der Waals surface area contributed by atoms with Gasteiger partial charge in [-0.2, -0.15) is 0 Å². The minimum Gasteiger partial charge on any atom is -0.479 e. The molecule has 0 aliphatic carbocycles. The number of carboxylic acids is 1. The van der Waals surface area contributed by atoms with Crippen molar-refractivity contribution in [2.75, 3.05) is 6.61 Å². The Kier molecular flexibility index (Phi) is 3.90. The van der Waals surface area contributed by atoms with Crippen molar-refractivity contribution in [2.24, 2.45) is 0 Å². The number of halogens is 1. The van der Waals surface area contributed by atoms with Crippen molar-refractivity contribution in [3.8, 4) is 0 Å². The van der Waals surface area contributed by atoms with Gasteiger partial charge in [-0.05, 0) is 28.9 Å². The summed E-state index contributed by atoms with van der Waals surface area (Å²) in [6, 6.07) is 1.76. The molecule has 1 N–H and O–H groups in total. The number of carboxylic acid groups (broad SMARTS) is 1. The first-order chi connectivity index (χ1) is 6.15. The molecule has 0 saturated carbocycles. The van der Waals surface area contributed by atoms with E-state index in [1.165, 1.54) is 11.3 Å². The van der Waals surface area contributed by atoms with E-state index in [0.717, 1.165) is 4.47 Å². The van der Waals surface area contributed by atoms with Crippen LogP contribution < -0.4 is 0 Å². The van der Waals surface area contributed by atoms with Gasteiger partial charge >= 0.3 is 5.97 Å². The molecule has 0 bridgehead atoms. The van der Waals surface area contributed by atoms with Crippen molar-refractivity contribution < 1.29 is 14.6 Å². The van der Waals surface area contributed by atoms with E-state index in [1.807, 2.05) is 5.38 Å². The average Bonchev–Trinajstić information content (AvgIpc) is 2.46. The molecule has 0 saturated heterocycles. The van der Waals surface area contributed by atoms with Crippen LogP contribution in [0.15, 0.2) is 15.9 Å². The highest BCUT2D eigenvalue weighted by Crippen LogP contribution is 2.27. The van der Waals surface area contributed by atoms with Gasteiger partial charge in [0.05, 0.1) is 0 Å². The first kappa shape index (κ1) is 10.7. The van der Waals surface area contributed by atoms with Crippen LogP contribution in [0.2, 0.25) is 0 Å². The maximum Gasteiger partial charge on any atom is 0.338 e. The van der Waals surface area contributed by atoms with Crippen molar-refractivity contribution in [1.29, 1.82) is 0 Å². The minimum absolute atomic E-state index is 0.395. The third-order valence-electron chi connectivity index (χ3n) is 1.40. The van der Waals surface area contributed by atoms with Gasteiger partial charge in [0.2, 0.25) is 0 Å². The van der Waals surface area contributed by atoms with Gasteiger partial charge in [-0.15, -0.1) is 11.3 Å². The van der Waals surface area contributed by atoms with Gasteiger partial charge in [0.15, 0.2) is 6.10 Å². The van der Waals surface area contributed by atoms with Crippen LogP contribution in [0.25, 0.3) is 0 Å². The summed E-state index contributed by atoms with van der Waals surface area (Å²) >= 11 is 4.64. The molecule has 1 heterocycles. The molecule has 0 aliphatic heterocycles. The average molecular weight is 265 g/mol. The van der Waals surface area contributed by atoms with Gasteiger partial charge in [0, 0.05) is 21.3 Å². The van der Waals surface area contributed by atoms with Crippen LogP contribution in [0.5, 0.6) is 0 Å². The summed E-state index contributed by atoms with van der Waals surface area (Å²) in [6.45, 7) is 2.17. The second-order valence-corrected chi connectivity index (χ2v) is 4.20. The molecule has 0 aromatic carbocycles. The van der Waals surface area contributed by atoms with Crippen LogP contribution in [0.3, 0.4) is 0 Å². The lowest BCUT2D eigenvalue weighted by atomic mass is 10.3. The number of rotatable bonds is 4. The lowest BCUT2D eigenvalue weighted by Gasteiger charge is -2.09. The maximum absolute atomic E-state index is 10.8. The maximum atomic E-state index is 10.8. The molecule has 13 heavy (non-hydrogen) atoms. The van der Waals surface area contributed by atoms with Gasteiger partial charge in [0.1, 0.15) is 0 Å². The van der Waals surface area contributed by atoms with Gasteiger partial charge < -0.3 is 9.84 Å². The number of aliphatic carboxylic acids is 1. The third kappa shape index (κ3) is 2.79. The van der Waals surface area contributed by atoms with Crippen LogP contribution in [0, 0.1) is 0 Å². The molecule has 1 rings (SSSR count). The Morgan fingerprint density at radius 3 is 2.92 bits per heavy atom. The molecule has 72 valence electrons. The molecule has 1 aromatic heterocycles. The summed E-state index contributed by atoms with van der Waals surface area (Å²) in [5.74, 6) is -0.948. The van der Waals surface area contributed by atoms with Crippen LogP contribution in [0.4, 0.5) is 0 Å². The molecule has 0 amide bonds. The van der Waals surface area contributed by atoms with E-state index >= 15 is 0 Å². The summed E-state index contributed by atoms with van der Waals surface area (Å²) < 4.78 is 5.98. The summed E-state index contributed by atoms with van der Waals surface area (Å²) in [6.07, 6.45) is -0.832. The highest BCUT2D eigenvalue weighted by molar-refractivity contribution is 9.10. The quantitative estimate of drug-likeness (QED) is 0.910. The third-order valence-corrected chi connectivity index (χ3v) is 3.14. The lowest BCUT2D eigenvalue weighted by Crippen LogP contribution is -2.13. The fourth-order valence-electron chi connectivity index (χ4n) is 0.908. The predicted octanol–water partition coefficient (Wildman–Crippen LogP) is 2.67. The van der Waals surface area contributed by atoms with E-state index < -0.39 is 12.1 Å². The molecule has 1 unspecified atom stereocenters. The normalized spacial score (nSPS) is 12.8. The Hall–Kier alpha value is -0.390. The van der Waals surface area contributed by atoms with Crippen LogP contribution >= 0.6 is 27.3 Å². The van der Waals surface area contributed by atoms with E-state index in [0.29, 0.717) is 11.5 Å². The zero-order chi connectivity index (χ0) is 9.84. The molecule has 0 aliphatic rings. The molecule has 0 spiro atoms. The second kappa shape index (κ2) is 4.74. The molecule has 1 aromatic rings. The summed E-state index contributed by atoms with van der Waals surface area (Å²) in [4.78, 5) is 11.5. The lowest BCUT2D eigenvalue weighted by molar-refractivity contribution is -0.150. The molecule has 1 atom stereocenters. The number of thiophene rings is 1. The number of carbonyl (C=O) groups is 1. The van der Waals surface area contributed by atoms with Crippen LogP contribution in [0.1, 0.15) is 17.9 Å². The van der Waals surface area contributed by atoms with Crippen molar-refractivity contribution in [3.63, 3.8) is 0 Å².